The van der Waals surface area contributed by atoms with Gasteiger partial charge in [-0.3, -0.25) is 9.59 Å². The van der Waals surface area contributed by atoms with Crippen molar-refractivity contribution in [2.75, 3.05) is 6.61 Å². The van der Waals surface area contributed by atoms with Gasteiger partial charge in [0.15, 0.2) is 0 Å². The Bertz CT molecular complexity index is 878. The molecular weight excluding hydrogens is 453 g/mol. The second kappa shape index (κ2) is 8.57. The monoisotopic (exact) mass is 470 g/mol. The van der Waals surface area contributed by atoms with Crippen LogP contribution in [0.2, 0.25) is 0 Å². The van der Waals surface area contributed by atoms with E-state index < -0.39 is 35.5 Å². The van der Waals surface area contributed by atoms with Crippen LogP contribution in [0.3, 0.4) is 0 Å². The van der Waals surface area contributed by atoms with E-state index in [1.54, 1.807) is 24.3 Å². The lowest BCUT2D eigenvalue weighted by molar-refractivity contribution is -0.148. The van der Waals surface area contributed by atoms with E-state index in [4.69, 9.17) is 4.74 Å². The minimum atomic E-state index is -4.44. The molecule has 1 saturated carbocycles. The molecule has 3 rings (SSSR count). The highest BCUT2D eigenvalue weighted by Crippen LogP contribution is 2.41. The maximum absolute atomic E-state index is 12.7. The summed E-state index contributed by atoms with van der Waals surface area (Å²) in [5.74, 6) is -2.78. The van der Waals surface area contributed by atoms with Crippen LogP contribution in [-0.2, 0) is 15.8 Å². The SMILES string of the molecule is O=C1CC(COc2ccc(C(F)(F)F)cc2)C(C(=O)O)C(c2ccc(Br)cc2)C1. The summed E-state index contributed by atoms with van der Waals surface area (Å²) < 4.78 is 44.4. The maximum atomic E-state index is 12.7. The summed E-state index contributed by atoms with van der Waals surface area (Å²) in [6.45, 7) is -0.0684. The molecule has 3 atom stereocenters. The fraction of sp³-hybridized carbons (Fsp3) is 0.333. The van der Waals surface area contributed by atoms with Crippen molar-refractivity contribution in [1.29, 1.82) is 0 Å². The van der Waals surface area contributed by atoms with Crippen LogP contribution in [0.1, 0.15) is 29.9 Å². The van der Waals surface area contributed by atoms with Crippen molar-refractivity contribution in [3.8, 4) is 5.75 Å². The van der Waals surface area contributed by atoms with Crippen molar-refractivity contribution in [1.82, 2.24) is 0 Å². The number of rotatable bonds is 5. The number of carboxylic acids is 1. The molecule has 0 amide bonds. The van der Waals surface area contributed by atoms with Gasteiger partial charge in [0.25, 0.3) is 0 Å². The van der Waals surface area contributed by atoms with E-state index in [9.17, 15) is 27.9 Å². The molecule has 0 radical (unpaired) electrons. The molecule has 3 unspecified atom stereocenters. The van der Waals surface area contributed by atoms with Crippen LogP contribution in [0.4, 0.5) is 13.2 Å². The Balaban J connectivity index is 1.77. The number of halogens is 4. The van der Waals surface area contributed by atoms with E-state index in [1.807, 2.05) is 0 Å². The van der Waals surface area contributed by atoms with Crippen molar-refractivity contribution >= 4 is 27.7 Å². The number of carbonyl (C=O) groups excluding carboxylic acids is 1. The summed E-state index contributed by atoms with van der Waals surface area (Å²) in [4.78, 5) is 24.3. The number of hydrogen-bond acceptors (Lipinski definition) is 3. The van der Waals surface area contributed by atoms with Gasteiger partial charge in [0, 0.05) is 29.2 Å². The third-order valence-corrected chi connectivity index (χ3v) is 5.64. The molecule has 4 nitrogen and oxygen atoms in total. The first-order chi connectivity index (χ1) is 13.6. The molecule has 0 aromatic heterocycles. The number of ether oxygens (including phenoxy) is 1. The number of benzene rings is 2. The smallest absolute Gasteiger partial charge is 0.416 e. The fourth-order valence-corrected chi connectivity index (χ4v) is 3.98. The minimum absolute atomic E-state index is 0.0589. The molecule has 0 bridgehead atoms. The zero-order chi connectivity index (χ0) is 21.2. The van der Waals surface area contributed by atoms with Crippen molar-refractivity contribution in [3.05, 3.63) is 64.1 Å². The molecule has 0 heterocycles. The zero-order valence-electron chi connectivity index (χ0n) is 15.2. The van der Waals surface area contributed by atoms with Gasteiger partial charge in [-0.2, -0.15) is 13.2 Å². The van der Waals surface area contributed by atoms with Gasteiger partial charge in [0.05, 0.1) is 18.1 Å². The first kappa shape index (κ1) is 21.4. The fourth-order valence-electron chi connectivity index (χ4n) is 3.72. The van der Waals surface area contributed by atoms with Crippen LogP contribution in [0.25, 0.3) is 0 Å². The second-order valence-corrected chi connectivity index (χ2v) is 7.98. The van der Waals surface area contributed by atoms with Gasteiger partial charge < -0.3 is 9.84 Å². The highest BCUT2D eigenvalue weighted by molar-refractivity contribution is 9.10. The number of carboxylic acid groups (broad SMARTS) is 1. The molecule has 2 aromatic rings. The van der Waals surface area contributed by atoms with E-state index >= 15 is 0 Å². The summed E-state index contributed by atoms with van der Waals surface area (Å²) in [7, 11) is 0. The van der Waals surface area contributed by atoms with Gasteiger partial charge in [-0.05, 0) is 42.0 Å². The van der Waals surface area contributed by atoms with Crippen molar-refractivity contribution in [2.24, 2.45) is 11.8 Å². The predicted octanol–water partition coefficient (Wildman–Crippen LogP) is 5.31. The van der Waals surface area contributed by atoms with E-state index in [0.717, 1.165) is 22.2 Å². The standard InChI is InChI=1S/C21H18BrF3O4/c22-15-5-1-12(2-6-15)18-10-16(26)9-13(19(18)20(27)28)11-29-17-7-3-14(4-8-17)21(23,24)25/h1-8,13,18-19H,9-11H2,(H,27,28). The second-order valence-electron chi connectivity index (χ2n) is 7.06. The Labute approximate surface area is 173 Å². The van der Waals surface area contributed by atoms with E-state index in [1.165, 1.54) is 12.1 Å². The maximum Gasteiger partial charge on any atom is 0.416 e. The average Bonchev–Trinajstić information content (AvgIpc) is 2.65. The van der Waals surface area contributed by atoms with Gasteiger partial charge in [-0.15, -0.1) is 0 Å². The topological polar surface area (TPSA) is 63.6 Å². The average molecular weight is 471 g/mol. The molecule has 1 aliphatic carbocycles. The minimum Gasteiger partial charge on any atom is -0.493 e. The molecule has 2 aromatic carbocycles. The highest BCUT2D eigenvalue weighted by atomic mass is 79.9. The van der Waals surface area contributed by atoms with Crippen LogP contribution in [0, 0.1) is 11.8 Å². The van der Waals surface area contributed by atoms with Crippen LogP contribution < -0.4 is 4.74 Å². The largest absolute Gasteiger partial charge is 0.493 e. The van der Waals surface area contributed by atoms with Crippen molar-refractivity contribution < 1.29 is 32.6 Å². The molecule has 154 valence electrons. The van der Waals surface area contributed by atoms with Crippen molar-refractivity contribution in [2.45, 2.75) is 24.9 Å². The Morgan fingerprint density at radius 1 is 1.07 bits per heavy atom. The molecule has 1 N–H and O–H groups in total. The van der Waals surface area contributed by atoms with E-state index in [2.05, 4.69) is 15.9 Å². The normalized spacial score (nSPS) is 22.3. The number of carbonyl (C=O) groups is 2. The lowest BCUT2D eigenvalue weighted by Crippen LogP contribution is -2.39. The third-order valence-electron chi connectivity index (χ3n) is 5.11. The summed E-state index contributed by atoms with van der Waals surface area (Å²) in [6.07, 6.45) is -4.25. The van der Waals surface area contributed by atoms with Crippen molar-refractivity contribution in [3.63, 3.8) is 0 Å². The van der Waals surface area contributed by atoms with Crippen LogP contribution in [0.5, 0.6) is 5.75 Å². The number of alkyl halides is 3. The highest BCUT2D eigenvalue weighted by Gasteiger charge is 2.42. The number of aliphatic carboxylic acids is 1. The van der Waals surface area contributed by atoms with E-state index in [0.29, 0.717) is 0 Å². The van der Waals surface area contributed by atoms with Gasteiger partial charge in [-0.25, -0.2) is 0 Å². The molecule has 8 heteroatoms. The number of Topliss-reactive ketones (excluding diaryl/α,β-unsaturated/α-hetero) is 1. The molecule has 0 saturated heterocycles. The van der Waals surface area contributed by atoms with Crippen LogP contribution in [-0.4, -0.2) is 23.5 Å². The summed E-state index contributed by atoms with van der Waals surface area (Å²) in [5, 5.41) is 9.80. The molecule has 29 heavy (non-hydrogen) atoms. The van der Waals surface area contributed by atoms with Crippen LogP contribution >= 0.6 is 15.9 Å². The first-order valence-electron chi connectivity index (χ1n) is 8.95. The van der Waals surface area contributed by atoms with Gasteiger partial charge >= 0.3 is 12.1 Å². The summed E-state index contributed by atoms with van der Waals surface area (Å²) in [5.41, 5.74) is -0.0374. The number of ketones is 1. The molecule has 1 fully saturated rings. The lowest BCUT2D eigenvalue weighted by Gasteiger charge is -2.35. The summed E-state index contributed by atoms with van der Waals surface area (Å²) >= 11 is 3.33. The first-order valence-corrected chi connectivity index (χ1v) is 9.74. The number of hydrogen-bond donors (Lipinski definition) is 1. The zero-order valence-corrected chi connectivity index (χ0v) is 16.7. The van der Waals surface area contributed by atoms with Gasteiger partial charge in [0.2, 0.25) is 0 Å². The third kappa shape index (κ3) is 5.18. The quantitative estimate of drug-likeness (QED) is 0.642. The Hall–Kier alpha value is -2.35. The lowest BCUT2D eigenvalue weighted by atomic mass is 9.69. The Morgan fingerprint density at radius 2 is 1.69 bits per heavy atom. The molecular formula is C21H18BrF3O4. The summed E-state index contributed by atoms with van der Waals surface area (Å²) in [6, 6.07) is 11.3. The van der Waals surface area contributed by atoms with Gasteiger partial charge in [0.1, 0.15) is 11.5 Å². The molecule has 0 aliphatic heterocycles. The predicted molar refractivity (Wildman–Crippen MR) is 103 cm³/mol. The Kier molecular flexibility index (Phi) is 6.31. The molecule has 0 spiro atoms. The Morgan fingerprint density at radius 3 is 2.24 bits per heavy atom. The van der Waals surface area contributed by atoms with Gasteiger partial charge in [-0.1, -0.05) is 28.1 Å². The van der Waals surface area contributed by atoms with E-state index in [-0.39, 0.29) is 31.0 Å². The molecule has 1 aliphatic rings. The van der Waals surface area contributed by atoms with Crippen LogP contribution in [0.15, 0.2) is 53.0 Å².